The van der Waals surface area contributed by atoms with Gasteiger partial charge in [0.25, 0.3) is 17.7 Å². The van der Waals surface area contributed by atoms with Gasteiger partial charge in [0.1, 0.15) is 41.3 Å². The predicted octanol–water partition coefficient (Wildman–Crippen LogP) is 3.61. The summed E-state index contributed by atoms with van der Waals surface area (Å²) in [5.41, 5.74) is 13.5. The summed E-state index contributed by atoms with van der Waals surface area (Å²) < 4.78 is 45.4. The van der Waals surface area contributed by atoms with E-state index in [0.717, 1.165) is 11.0 Å². The molecule has 302 valence electrons. The molecule has 4 aromatic rings. The maximum absolute atomic E-state index is 14.1. The van der Waals surface area contributed by atoms with Crippen molar-refractivity contribution >= 4 is 47.1 Å². The molecular formula is C39H38F2N8O9. The molecule has 0 spiro atoms. The van der Waals surface area contributed by atoms with Gasteiger partial charge in [-0.25, -0.2) is 18.3 Å². The van der Waals surface area contributed by atoms with Crippen LogP contribution in [0.1, 0.15) is 62.8 Å². The summed E-state index contributed by atoms with van der Waals surface area (Å²) in [4.78, 5) is 78.3. The van der Waals surface area contributed by atoms with Crippen LogP contribution in [0.5, 0.6) is 11.5 Å². The number of nitrogens with two attached hydrogens (primary N) is 2. The Balaban J connectivity index is 0.891. The van der Waals surface area contributed by atoms with E-state index in [9.17, 15) is 37.5 Å². The number of rotatable bonds is 13. The van der Waals surface area contributed by atoms with E-state index in [1.807, 2.05) is 0 Å². The van der Waals surface area contributed by atoms with Crippen LogP contribution in [0.15, 0.2) is 60.7 Å². The van der Waals surface area contributed by atoms with Crippen molar-refractivity contribution in [3.8, 4) is 22.8 Å². The van der Waals surface area contributed by atoms with Crippen molar-refractivity contribution < 1.29 is 51.8 Å². The Kier molecular flexibility index (Phi) is 11.3. The van der Waals surface area contributed by atoms with Gasteiger partial charge in [0, 0.05) is 43.4 Å². The second-order valence-corrected chi connectivity index (χ2v) is 13.7. The molecule has 7 rings (SSSR count). The van der Waals surface area contributed by atoms with Crippen molar-refractivity contribution in [1.29, 1.82) is 0 Å². The molecule has 2 atom stereocenters. The Bertz CT molecular complexity index is 2300. The largest absolute Gasteiger partial charge is 0.454 e. The minimum atomic E-state index is -1.07. The highest BCUT2D eigenvalue weighted by Crippen LogP contribution is 2.35. The van der Waals surface area contributed by atoms with Gasteiger partial charge in [0.15, 0.2) is 11.6 Å². The molecule has 0 radical (unpaired) electrons. The lowest BCUT2D eigenvalue weighted by molar-refractivity contribution is -0.136. The number of amides is 6. The Morgan fingerprint density at radius 2 is 1.76 bits per heavy atom. The predicted molar refractivity (Wildman–Crippen MR) is 201 cm³/mol. The van der Waals surface area contributed by atoms with Gasteiger partial charge >= 0.3 is 6.09 Å². The van der Waals surface area contributed by atoms with Crippen molar-refractivity contribution in [3.05, 3.63) is 89.0 Å². The number of nitrogen functional groups attached to an aromatic ring is 1. The molecule has 0 bridgehead atoms. The van der Waals surface area contributed by atoms with Crippen LogP contribution in [-0.2, 0) is 19.1 Å². The molecule has 19 heteroatoms. The van der Waals surface area contributed by atoms with Crippen molar-refractivity contribution in [1.82, 2.24) is 24.9 Å². The number of likely N-dealkylation sites (tertiary alicyclic amines) is 1. The fraction of sp³-hybridized carbons (Fsp3) is 0.308. The first kappa shape index (κ1) is 39.3. The normalized spacial score (nSPS) is 17.9. The summed E-state index contributed by atoms with van der Waals surface area (Å²) in [7, 11) is 0. The van der Waals surface area contributed by atoms with Gasteiger partial charge in [-0.1, -0.05) is 6.07 Å². The van der Waals surface area contributed by atoms with Gasteiger partial charge < -0.3 is 35.9 Å². The minimum absolute atomic E-state index is 0.00415. The van der Waals surface area contributed by atoms with Crippen LogP contribution >= 0.6 is 0 Å². The average Bonchev–Trinajstić information content (AvgIpc) is 3.68. The highest BCUT2D eigenvalue weighted by Gasteiger charge is 2.45. The van der Waals surface area contributed by atoms with Gasteiger partial charge in [-0.05, 0) is 67.8 Å². The first-order chi connectivity index (χ1) is 27.9. The van der Waals surface area contributed by atoms with E-state index in [1.165, 1.54) is 33.8 Å². The molecule has 1 unspecified atom stereocenters. The molecular weight excluding hydrogens is 762 g/mol. The second-order valence-electron chi connectivity index (χ2n) is 13.7. The average molecular weight is 801 g/mol. The third-order valence-corrected chi connectivity index (χ3v) is 9.93. The van der Waals surface area contributed by atoms with Gasteiger partial charge in [-0.3, -0.25) is 34.2 Å². The minimum Gasteiger partial charge on any atom is -0.454 e. The Hall–Kier alpha value is -6.89. The second kappa shape index (κ2) is 16.7. The lowest BCUT2D eigenvalue weighted by Gasteiger charge is -2.32. The number of halogens is 2. The molecule has 3 aliphatic rings. The number of fused-ring (bicyclic) bond motifs is 1. The zero-order chi connectivity index (χ0) is 41.1. The smallest absolute Gasteiger partial charge is 0.409 e. The molecule has 4 heterocycles. The van der Waals surface area contributed by atoms with Gasteiger partial charge in [-0.15, -0.1) is 0 Å². The third kappa shape index (κ3) is 8.01. The highest BCUT2D eigenvalue weighted by atomic mass is 19.1. The van der Waals surface area contributed by atoms with E-state index in [-0.39, 0.29) is 85.5 Å². The molecule has 6 N–H and O–H groups in total. The monoisotopic (exact) mass is 800 g/mol. The summed E-state index contributed by atoms with van der Waals surface area (Å²) in [6, 6.07) is 12.4. The molecule has 58 heavy (non-hydrogen) atoms. The maximum Gasteiger partial charge on any atom is 0.409 e. The van der Waals surface area contributed by atoms with Gasteiger partial charge in [0.05, 0.1) is 30.4 Å². The lowest BCUT2D eigenvalue weighted by atomic mass is 10.0. The van der Waals surface area contributed by atoms with E-state index in [0.29, 0.717) is 36.7 Å². The van der Waals surface area contributed by atoms with Crippen LogP contribution < -0.4 is 26.8 Å². The van der Waals surface area contributed by atoms with E-state index in [1.54, 1.807) is 24.3 Å². The van der Waals surface area contributed by atoms with Crippen LogP contribution in [0.25, 0.3) is 11.3 Å². The molecule has 2 saturated heterocycles. The number of imide groups is 2. The van der Waals surface area contributed by atoms with Crippen LogP contribution in [-0.4, -0.2) is 101 Å². The fourth-order valence-corrected chi connectivity index (χ4v) is 7.16. The first-order valence-electron chi connectivity index (χ1n) is 18.4. The number of hydrogen-bond acceptors (Lipinski definition) is 12. The number of primary amides is 1. The Morgan fingerprint density at radius 3 is 2.50 bits per heavy atom. The SMILES string of the molecule is NC(=O)c1c(-c2ccc(Oc3ccc(F)cc3F)cc2)nn([C@@H]2CCCN(C(=O)OCCOCCNc3cccc4c3C(=O)N(C3CCC(=O)NC3=O)C4=O)C2)c1N. The number of carbonyl (C=O) groups is 6. The number of carbonyl (C=O) groups excluding carboxylic acids is 6. The number of aromatic nitrogens is 2. The number of nitrogens with one attached hydrogen (secondary N) is 2. The molecule has 6 amide bonds. The number of anilines is 2. The number of nitrogens with zero attached hydrogens (tertiary/aromatic N) is 4. The van der Waals surface area contributed by atoms with Crippen LogP contribution in [0, 0.1) is 11.6 Å². The molecule has 2 fully saturated rings. The van der Waals surface area contributed by atoms with Crippen LogP contribution in [0.2, 0.25) is 0 Å². The standard InChI is InChI=1S/C39H38F2N8O9/c40-22-8-12-29(26(41)19-22)58-24-9-6-21(7-10-24)33-32(35(43)51)34(42)49(46-33)23-3-2-15-47(20-23)39(55)57-18-17-56-16-14-44-27-5-1-4-25-31(27)38(54)48(37(25)53)28-11-13-30(50)45-36(28)52/h1,4-10,12,19,23,28,44H,2-3,11,13-18,20,42H2,(H2,43,51)(H,45,50,52)/t23-,28?/m1/s1. The fourth-order valence-electron chi connectivity index (χ4n) is 7.16. The number of hydrogen-bond donors (Lipinski definition) is 4. The topological polar surface area (TPSA) is 231 Å². The molecule has 17 nitrogen and oxygen atoms in total. The van der Waals surface area contributed by atoms with Gasteiger partial charge in [0.2, 0.25) is 11.8 Å². The molecule has 3 aliphatic heterocycles. The van der Waals surface area contributed by atoms with E-state index in [4.69, 9.17) is 25.7 Å². The van der Waals surface area contributed by atoms with Crippen molar-refractivity contribution in [2.24, 2.45) is 5.73 Å². The molecule has 3 aromatic carbocycles. The number of piperidine rings is 2. The summed E-state index contributed by atoms with van der Waals surface area (Å²) in [6.07, 6.45) is 0.680. The van der Waals surface area contributed by atoms with E-state index in [2.05, 4.69) is 15.7 Å². The number of ether oxygens (including phenoxy) is 3. The van der Waals surface area contributed by atoms with Crippen LogP contribution in [0.3, 0.4) is 0 Å². The van der Waals surface area contributed by atoms with E-state index >= 15 is 0 Å². The summed E-state index contributed by atoms with van der Waals surface area (Å²) in [5.74, 6) is -4.69. The lowest BCUT2D eigenvalue weighted by Crippen LogP contribution is -2.54. The molecule has 0 aliphatic carbocycles. The summed E-state index contributed by atoms with van der Waals surface area (Å²) in [6.45, 7) is 1.02. The maximum atomic E-state index is 14.1. The zero-order valence-corrected chi connectivity index (χ0v) is 30.9. The van der Waals surface area contributed by atoms with Crippen molar-refractivity contribution in [2.45, 2.75) is 37.8 Å². The Labute approximate surface area is 329 Å². The third-order valence-electron chi connectivity index (χ3n) is 9.93. The van der Waals surface area contributed by atoms with Crippen molar-refractivity contribution in [2.75, 3.05) is 50.5 Å². The van der Waals surface area contributed by atoms with E-state index < -0.39 is 59.3 Å². The van der Waals surface area contributed by atoms with Gasteiger partial charge in [-0.2, -0.15) is 5.10 Å². The molecule has 0 saturated carbocycles. The first-order valence-corrected chi connectivity index (χ1v) is 18.4. The molecule has 1 aromatic heterocycles. The number of benzene rings is 3. The van der Waals surface area contributed by atoms with Crippen LogP contribution in [0.4, 0.5) is 25.1 Å². The quantitative estimate of drug-likeness (QED) is 0.112. The summed E-state index contributed by atoms with van der Waals surface area (Å²) in [5, 5.41) is 9.87. The van der Waals surface area contributed by atoms with Crippen molar-refractivity contribution in [3.63, 3.8) is 0 Å². The Morgan fingerprint density at radius 1 is 0.966 bits per heavy atom. The highest BCUT2D eigenvalue weighted by molar-refractivity contribution is 6.25. The summed E-state index contributed by atoms with van der Waals surface area (Å²) >= 11 is 0. The zero-order valence-electron chi connectivity index (χ0n) is 30.9.